The van der Waals surface area contributed by atoms with Crippen LogP contribution < -0.4 is 10.1 Å². The van der Waals surface area contributed by atoms with E-state index < -0.39 is 0 Å². The molecule has 0 saturated carbocycles. The highest BCUT2D eigenvalue weighted by Gasteiger charge is 2.24. The molecular formula is C16H25NO3. The lowest BCUT2D eigenvalue weighted by Gasteiger charge is -2.33. The molecule has 0 amide bonds. The van der Waals surface area contributed by atoms with Crippen LogP contribution in [-0.2, 0) is 11.3 Å². The number of nitrogens with one attached hydrogen (secondary N) is 1. The second-order valence-corrected chi connectivity index (χ2v) is 5.48. The van der Waals surface area contributed by atoms with Crippen molar-refractivity contribution < 1.29 is 14.6 Å². The normalized spacial score (nSPS) is 26.3. The smallest absolute Gasteiger partial charge is 0.124 e. The number of rotatable bonds is 5. The Labute approximate surface area is 121 Å². The maximum Gasteiger partial charge on any atom is 0.124 e. The zero-order chi connectivity index (χ0) is 14.5. The Morgan fingerprint density at radius 3 is 2.60 bits per heavy atom. The van der Waals surface area contributed by atoms with Gasteiger partial charge in [-0.2, -0.15) is 0 Å². The van der Waals surface area contributed by atoms with E-state index in [-0.39, 0.29) is 18.8 Å². The molecule has 1 heterocycles. The van der Waals surface area contributed by atoms with Crippen molar-refractivity contribution in [1.82, 2.24) is 0 Å². The Morgan fingerprint density at radius 2 is 2.00 bits per heavy atom. The molecule has 0 radical (unpaired) electrons. The zero-order valence-electron chi connectivity index (χ0n) is 12.6. The molecule has 20 heavy (non-hydrogen) atoms. The fraction of sp³-hybridized carbons (Fsp3) is 0.625. The number of anilines is 1. The molecule has 112 valence electrons. The first-order valence-corrected chi connectivity index (χ1v) is 7.41. The molecule has 0 aliphatic carbocycles. The minimum atomic E-state index is -0.00850. The van der Waals surface area contributed by atoms with Crippen molar-refractivity contribution >= 4 is 5.69 Å². The van der Waals surface area contributed by atoms with Crippen LogP contribution >= 0.6 is 0 Å². The molecule has 1 aromatic rings. The van der Waals surface area contributed by atoms with Gasteiger partial charge in [-0.05, 0) is 51.8 Å². The minimum absolute atomic E-state index is 0.00850. The van der Waals surface area contributed by atoms with Gasteiger partial charge in [-0.3, -0.25) is 0 Å². The summed E-state index contributed by atoms with van der Waals surface area (Å²) in [7, 11) is 0. The van der Waals surface area contributed by atoms with Crippen LogP contribution in [0, 0.1) is 0 Å². The van der Waals surface area contributed by atoms with Crippen LogP contribution in [0.15, 0.2) is 18.2 Å². The molecule has 2 rings (SSSR count). The maximum atomic E-state index is 9.43. The third kappa shape index (κ3) is 3.87. The van der Waals surface area contributed by atoms with Crippen molar-refractivity contribution in [3.8, 4) is 5.75 Å². The molecule has 0 aromatic heterocycles. The number of aliphatic hydroxyl groups excluding tert-OH is 1. The highest BCUT2D eigenvalue weighted by atomic mass is 16.5. The molecule has 1 aromatic carbocycles. The number of ether oxygens (including phenoxy) is 2. The highest BCUT2D eigenvalue weighted by molar-refractivity contribution is 5.51. The highest BCUT2D eigenvalue weighted by Crippen LogP contribution is 2.26. The third-order valence-corrected chi connectivity index (χ3v) is 3.60. The summed E-state index contributed by atoms with van der Waals surface area (Å²) < 4.78 is 11.2. The van der Waals surface area contributed by atoms with Crippen molar-refractivity contribution in [2.75, 3.05) is 11.9 Å². The first kappa shape index (κ1) is 15.1. The Kier molecular flexibility index (Phi) is 5.26. The van der Waals surface area contributed by atoms with E-state index >= 15 is 0 Å². The summed E-state index contributed by atoms with van der Waals surface area (Å²) in [5, 5.41) is 13.0. The van der Waals surface area contributed by atoms with Gasteiger partial charge in [0.2, 0.25) is 0 Å². The zero-order valence-corrected chi connectivity index (χ0v) is 12.6. The average molecular weight is 279 g/mol. The van der Waals surface area contributed by atoms with Crippen LogP contribution in [0.25, 0.3) is 0 Å². The number of hydrogen-bond acceptors (Lipinski definition) is 4. The largest absolute Gasteiger partial charge is 0.494 e. The monoisotopic (exact) mass is 279 g/mol. The van der Waals surface area contributed by atoms with Gasteiger partial charge in [0.1, 0.15) is 5.75 Å². The van der Waals surface area contributed by atoms with Gasteiger partial charge in [-0.1, -0.05) is 0 Å². The van der Waals surface area contributed by atoms with Crippen LogP contribution in [0.3, 0.4) is 0 Å². The summed E-state index contributed by atoms with van der Waals surface area (Å²) in [6, 6.07) is 6.31. The molecule has 1 aliphatic heterocycles. The summed E-state index contributed by atoms with van der Waals surface area (Å²) in [4.78, 5) is 0. The van der Waals surface area contributed by atoms with E-state index in [1.54, 1.807) is 0 Å². The molecular weight excluding hydrogens is 254 g/mol. The van der Waals surface area contributed by atoms with Crippen molar-refractivity contribution in [2.45, 2.75) is 58.5 Å². The Morgan fingerprint density at radius 1 is 1.30 bits per heavy atom. The molecule has 1 saturated heterocycles. The average Bonchev–Trinajstić information content (AvgIpc) is 2.39. The Balaban J connectivity index is 2.05. The fourth-order valence-electron chi connectivity index (χ4n) is 2.85. The second kappa shape index (κ2) is 6.95. The van der Waals surface area contributed by atoms with Crippen molar-refractivity contribution in [2.24, 2.45) is 0 Å². The van der Waals surface area contributed by atoms with Gasteiger partial charge in [0, 0.05) is 17.3 Å². The van der Waals surface area contributed by atoms with E-state index in [4.69, 9.17) is 9.47 Å². The van der Waals surface area contributed by atoms with E-state index in [0.29, 0.717) is 12.6 Å². The topological polar surface area (TPSA) is 50.7 Å². The Hall–Kier alpha value is -1.26. The molecule has 2 N–H and O–H groups in total. The van der Waals surface area contributed by atoms with E-state index in [2.05, 4.69) is 19.2 Å². The lowest BCUT2D eigenvalue weighted by atomic mass is 9.99. The van der Waals surface area contributed by atoms with Crippen LogP contribution in [-0.4, -0.2) is 30.0 Å². The molecule has 2 atom stereocenters. The van der Waals surface area contributed by atoms with Gasteiger partial charge in [0.15, 0.2) is 0 Å². The first-order valence-electron chi connectivity index (χ1n) is 7.41. The molecule has 2 unspecified atom stereocenters. The van der Waals surface area contributed by atoms with Crippen LogP contribution in [0.2, 0.25) is 0 Å². The minimum Gasteiger partial charge on any atom is -0.494 e. The molecule has 1 fully saturated rings. The van der Waals surface area contributed by atoms with Crippen LogP contribution in [0.1, 0.15) is 39.2 Å². The molecule has 1 aliphatic rings. The predicted molar refractivity (Wildman–Crippen MR) is 80.2 cm³/mol. The summed E-state index contributed by atoms with van der Waals surface area (Å²) in [6.07, 6.45) is 2.59. The van der Waals surface area contributed by atoms with Crippen molar-refractivity contribution in [3.63, 3.8) is 0 Å². The van der Waals surface area contributed by atoms with E-state index in [0.717, 1.165) is 29.8 Å². The van der Waals surface area contributed by atoms with Crippen molar-refractivity contribution in [3.05, 3.63) is 23.8 Å². The molecule has 4 nitrogen and oxygen atoms in total. The van der Waals surface area contributed by atoms with E-state index in [1.807, 2.05) is 25.1 Å². The number of aliphatic hydroxyl groups is 1. The molecule has 0 spiro atoms. The van der Waals surface area contributed by atoms with Gasteiger partial charge in [-0.25, -0.2) is 0 Å². The summed E-state index contributed by atoms with van der Waals surface area (Å²) >= 11 is 0. The second-order valence-electron chi connectivity index (χ2n) is 5.48. The lowest BCUT2D eigenvalue weighted by Crippen LogP contribution is -2.36. The summed E-state index contributed by atoms with van der Waals surface area (Å²) in [6.45, 7) is 6.77. The van der Waals surface area contributed by atoms with Gasteiger partial charge in [-0.15, -0.1) is 0 Å². The van der Waals surface area contributed by atoms with E-state index in [1.165, 1.54) is 0 Å². The summed E-state index contributed by atoms with van der Waals surface area (Å²) in [5.74, 6) is 0.759. The Bertz CT molecular complexity index is 426. The maximum absolute atomic E-state index is 9.43. The van der Waals surface area contributed by atoms with Crippen LogP contribution in [0.5, 0.6) is 5.75 Å². The van der Waals surface area contributed by atoms with Crippen molar-refractivity contribution in [1.29, 1.82) is 0 Å². The first-order chi connectivity index (χ1) is 9.62. The standard InChI is InChI=1S/C16H25NO3/c1-4-19-16-6-5-14(9-13(16)10-18)17-15-7-11(2)20-12(3)8-15/h5-6,9,11-12,15,17-18H,4,7-8,10H2,1-3H3. The van der Waals surface area contributed by atoms with Gasteiger partial charge in [0.25, 0.3) is 0 Å². The van der Waals surface area contributed by atoms with E-state index in [9.17, 15) is 5.11 Å². The molecule has 4 heteroatoms. The molecule has 0 bridgehead atoms. The van der Waals surface area contributed by atoms with Gasteiger partial charge in [0.05, 0.1) is 25.4 Å². The van der Waals surface area contributed by atoms with Gasteiger partial charge >= 0.3 is 0 Å². The van der Waals surface area contributed by atoms with Gasteiger partial charge < -0.3 is 19.9 Å². The SMILES string of the molecule is CCOc1ccc(NC2CC(C)OC(C)C2)cc1CO. The third-order valence-electron chi connectivity index (χ3n) is 3.60. The number of benzene rings is 1. The van der Waals surface area contributed by atoms with Crippen LogP contribution in [0.4, 0.5) is 5.69 Å². The predicted octanol–water partition coefficient (Wildman–Crippen LogP) is 2.95. The fourth-order valence-corrected chi connectivity index (χ4v) is 2.85. The lowest BCUT2D eigenvalue weighted by molar-refractivity contribution is -0.0337. The summed E-state index contributed by atoms with van der Waals surface area (Å²) in [5.41, 5.74) is 1.86. The quantitative estimate of drug-likeness (QED) is 0.870. The number of hydrogen-bond donors (Lipinski definition) is 2.